The first-order chi connectivity index (χ1) is 17.9. The molecule has 7 heteroatoms. The molecule has 3 amide bonds. The van der Waals surface area contributed by atoms with Crippen LogP contribution in [0.4, 0.5) is 10.5 Å². The van der Waals surface area contributed by atoms with Gasteiger partial charge < -0.3 is 10.1 Å². The molecule has 1 heterocycles. The number of hydrogen-bond acceptors (Lipinski definition) is 5. The van der Waals surface area contributed by atoms with E-state index < -0.39 is 0 Å². The molecule has 4 aromatic rings. The number of thioether (sulfide) groups is 1. The molecular weight excluding hydrogens is 484 g/mol. The molecule has 0 spiro atoms. The summed E-state index contributed by atoms with van der Waals surface area (Å²) in [6, 6.07) is 28.5. The normalized spacial score (nSPS) is 14.4. The van der Waals surface area contributed by atoms with Crippen molar-refractivity contribution < 1.29 is 19.1 Å². The van der Waals surface area contributed by atoms with E-state index in [1.165, 1.54) is 4.90 Å². The number of nitrogens with one attached hydrogen (secondary N) is 1. The summed E-state index contributed by atoms with van der Waals surface area (Å²) in [4.78, 5) is 39.5. The predicted octanol–water partition coefficient (Wildman–Crippen LogP) is 6.40. The van der Waals surface area contributed by atoms with Crippen LogP contribution in [0.15, 0.2) is 95.9 Å². The summed E-state index contributed by atoms with van der Waals surface area (Å²) in [5.41, 5.74) is 3.35. The highest BCUT2D eigenvalue weighted by Crippen LogP contribution is 2.34. The van der Waals surface area contributed by atoms with E-state index in [9.17, 15) is 14.4 Å². The Hall–Kier alpha value is -4.36. The van der Waals surface area contributed by atoms with Crippen molar-refractivity contribution in [3.8, 4) is 5.75 Å². The van der Waals surface area contributed by atoms with E-state index in [-0.39, 0.29) is 30.2 Å². The number of amides is 3. The number of nitrogens with zero attached hydrogens (tertiary/aromatic N) is 1. The molecule has 37 heavy (non-hydrogen) atoms. The number of carbonyl (C=O) groups excluding carboxylic acids is 3. The van der Waals surface area contributed by atoms with Crippen molar-refractivity contribution >= 4 is 51.4 Å². The van der Waals surface area contributed by atoms with Crippen LogP contribution < -0.4 is 10.1 Å². The third kappa shape index (κ3) is 5.90. The van der Waals surface area contributed by atoms with Crippen LogP contribution in [-0.4, -0.2) is 28.6 Å². The third-order valence-electron chi connectivity index (χ3n) is 5.86. The number of imide groups is 1. The number of carbonyl (C=O) groups is 3. The molecule has 0 bridgehead atoms. The van der Waals surface area contributed by atoms with Crippen molar-refractivity contribution in [1.29, 1.82) is 0 Å². The molecule has 6 nitrogen and oxygen atoms in total. The SMILES string of the molecule is Cc1cccc(NC(=O)COc2cccc(/C=C3\SC(=O)N(Cc4ccc5ccccc5c4)C3=O)c2)c1. The fourth-order valence-electron chi connectivity index (χ4n) is 4.07. The van der Waals surface area contributed by atoms with Gasteiger partial charge in [-0.2, -0.15) is 0 Å². The summed E-state index contributed by atoms with van der Waals surface area (Å²) in [5.74, 6) is -0.110. The summed E-state index contributed by atoms with van der Waals surface area (Å²) < 4.78 is 5.65. The molecule has 4 aromatic carbocycles. The van der Waals surface area contributed by atoms with Crippen LogP contribution >= 0.6 is 11.8 Å². The number of aryl methyl sites for hydroxylation is 1. The fourth-order valence-corrected chi connectivity index (χ4v) is 4.91. The van der Waals surface area contributed by atoms with Crippen molar-refractivity contribution in [3.05, 3.63) is 113 Å². The molecule has 5 rings (SSSR count). The molecule has 1 aliphatic rings. The summed E-state index contributed by atoms with van der Waals surface area (Å²) >= 11 is 0.920. The second-order valence-corrected chi connectivity index (χ2v) is 9.72. The number of rotatable bonds is 7. The first kappa shape index (κ1) is 24.3. The van der Waals surface area contributed by atoms with Crippen molar-refractivity contribution in [3.63, 3.8) is 0 Å². The highest BCUT2D eigenvalue weighted by Gasteiger charge is 2.35. The number of ether oxygens (including phenoxy) is 1. The molecule has 0 atom stereocenters. The molecule has 0 radical (unpaired) electrons. The monoisotopic (exact) mass is 508 g/mol. The van der Waals surface area contributed by atoms with Crippen LogP contribution in [0.1, 0.15) is 16.7 Å². The molecule has 1 N–H and O–H groups in total. The molecule has 0 saturated carbocycles. The molecule has 1 saturated heterocycles. The average molecular weight is 509 g/mol. The predicted molar refractivity (Wildman–Crippen MR) is 147 cm³/mol. The summed E-state index contributed by atoms with van der Waals surface area (Å²) in [6.45, 7) is 2.02. The van der Waals surface area contributed by atoms with E-state index >= 15 is 0 Å². The minimum atomic E-state index is -0.327. The molecule has 0 unspecified atom stereocenters. The Bertz CT molecular complexity index is 1550. The molecule has 184 valence electrons. The fraction of sp³-hybridized carbons (Fsp3) is 0.100. The summed E-state index contributed by atoms with van der Waals surface area (Å²) in [6.07, 6.45) is 1.67. The Morgan fingerprint density at radius 1 is 0.919 bits per heavy atom. The largest absolute Gasteiger partial charge is 0.484 e. The van der Waals surface area contributed by atoms with Crippen molar-refractivity contribution in [2.75, 3.05) is 11.9 Å². The Morgan fingerprint density at radius 3 is 2.57 bits per heavy atom. The van der Waals surface area contributed by atoms with E-state index in [1.54, 1.807) is 24.3 Å². The minimum Gasteiger partial charge on any atom is -0.484 e. The second kappa shape index (κ2) is 10.7. The van der Waals surface area contributed by atoms with E-state index in [0.29, 0.717) is 21.9 Å². The first-order valence-electron chi connectivity index (χ1n) is 11.8. The zero-order chi connectivity index (χ0) is 25.8. The van der Waals surface area contributed by atoms with Crippen LogP contribution in [0, 0.1) is 6.92 Å². The Kier molecular flexibility index (Phi) is 7.05. The standard InChI is InChI=1S/C30H24N2O4S/c1-20-6-4-10-25(14-20)31-28(33)19-36-26-11-5-7-21(16-26)17-27-29(34)32(30(35)37-27)18-22-12-13-23-8-2-3-9-24(23)15-22/h2-17H,18-19H2,1H3,(H,31,33)/b27-17-. The quantitative estimate of drug-likeness (QED) is 0.292. The maximum absolute atomic E-state index is 13.0. The lowest BCUT2D eigenvalue weighted by atomic mass is 10.1. The van der Waals surface area contributed by atoms with Gasteiger partial charge in [0.2, 0.25) is 0 Å². The van der Waals surface area contributed by atoms with E-state index in [4.69, 9.17) is 4.74 Å². The summed E-state index contributed by atoms with van der Waals surface area (Å²) in [5, 5.41) is 4.67. The molecule has 0 aliphatic carbocycles. The third-order valence-corrected chi connectivity index (χ3v) is 6.76. The maximum Gasteiger partial charge on any atom is 0.293 e. The lowest BCUT2D eigenvalue weighted by Crippen LogP contribution is -2.27. The Morgan fingerprint density at radius 2 is 1.73 bits per heavy atom. The van der Waals surface area contributed by atoms with Gasteiger partial charge in [-0.25, -0.2) is 0 Å². The molecule has 0 aromatic heterocycles. The highest BCUT2D eigenvalue weighted by atomic mass is 32.2. The van der Waals surface area contributed by atoms with Crippen LogP contribution in [0.3, 0.4) is 0 Å². The van der Waals surface area contributed by atoms with Crippen LogP contribution in [0.25, 0.3) is 16.8 Å². The summed E-state index contributed by atoms with van der Waals surface area (Å²) in [7, 11) is 0. The van der Waals surface area contributed by atoms with E-state index in [2.05, 4.69) is 5.32 Å². The van der Waals surface area contributed by atoms with Crippen LogP contribution in [-0.2, 0) is 16.1 Å². The van der Waals surface area contributed by atoms with Gasteiger partial charge in [0, 0.05) is 5.69 Å². The molecule has 1 fully saturated rings. The first-order valence-corrected chi connectivity index (χ1v) is 12.6. The highest BCUT2D eigenvalue weighted by molar-refractivity contribution is 8.18. The number of anilines is 1. The number of benzene rings is 4. The molecule has 1 aliphatic heterocycles. The van der Waals surface area contributed by atoms with E-state index in [0.717, 1.165) is 33.7 Å². The molecular formula is C30H24N2O4S. The number of fused-ring (bicyclic) bond motifs is 1. The number of hydrogen-bond donors (Lipinski definition) is 1. The van der Waals surface area contributed by atoms with Gasteiger partial charge in [0.1, 0.15) is 5.75 Å². The van der Waals surface area contributed by atoms with Gasteiger partial charge in [-0.1, -0.05) is 60.7 Å². The van der Waals surface area contributed by atoms with Gasteiger partial charge >= 0.3 is 0 Å². The van der Waals surface area contributed by atoms with Gasteiger partial charge in [0.15, 0.2) is 6.61 Å². The second-order valence-electron chi connectivity index (χ2n) is 8.73. The zero-order valence-electron chi connectivity index (χ0n) is 20.1. The topological polar surface area (TPSA) is 75.7 Å². The van der Waals surface area contributed by atoms with Gasteiger partial charge in [0.25, 0.3) is 17.1 Å². The maximum atomic E-state index is 13.0. The van der Waals surface area contributed by atoms with Crippen molar-refractivity contribution in [1.82, 2.24) is 4.90 Å². The average Bonchev–Trinajstić information content (AvgIpc) is 3.15. The Labute approximate surface area is 218 Å². The lowest BCUT2D eigenvalue weighted by molar-refractivity contribution is -0.123. The smallest absolute Gasteiger partial charge is 0.293 e. The van der Waals surface area contributed by atoms with Gasteiger partial charge in [-0.15, -0.1) is 0 Å². The van der Waals surface area contributed by atoms with Gasteiger partial charge in [0.05, 0.1) is 11.4 Å². The van der Waals surface area contributed by atoms with Crippen molar-refractivity contribution in [2.24, 2.45) is 0 Å². The van der Waals surface area contributed by atoms with Gasteiger partial charge in [-0.05, 0) is 82.6 Å². The van der Waals surface area contributed by atoms with Crippen LogP contribution in [0.2, 0.25) is 0 Å². The van der Waals surface area contributed by atoms with Crippen molar-refractivity contribution in [2.45, 2.75) is 13.5 Å². The Balaban J connectivity index is 1.23. The zero-order valence-corrected chi connectivity index (χ0v) is 21.0. The lowest BCUT2D eigenvalue weighted by Gasteiger charge is -2.13. The van der Waals surface area contributed by atoms with E-state index in [1.807, 2.05) is 79.7 Å². The minimum absolute atomic E-state index is 0.153. The van der Waals surface area contributed by atoms with Gasteiger partial charge in [-0.3, -0.25) is 19.3 Å². The van der Waals surface area contributed by atoms with Crippen LogP contribution in [0.5, 0.6) is 5.75 Å².